The van der Waals surface area contributed by atoms with E-state index in [-0.39, 0.29) is 0 Å². The maximum Gasteiger partial charge on any atom is 0.259 e. The van der Waals surface area contributed by atoms with Crippen LogP contribution in [0, 0.1) is 6.92 Å². The third kappa shape index (κ3) is 1.81. The molecule has 1 aromatic heterocycles. The lowest BCUT2D eigenvalue weighted by Crippen LogP contribution is -1.80. The summed E-state index contributed by atoms with van der Waals surface area (Å²) in [7, 11) is 0. The first kappa shape index (κ1) is 9.68. The summed E-state index contributed by atoms with van der Waals surface area (Å²) in [5.41, 5.74) is 0.746. The Morgan fingerprint density at radius 1 is 1.43 bits per heavy atom. The monoisotopic (exact) mass is 272 g/mol. The molecule has 1 aromatic carbocycles. The van der Waals surface area contributed by atoms with Crippen LogP contribution in [0.5, 0.6) is 0 Å². The standard InChI is InChI=1S/C9H6BrClN2O/c1-5-12-9(14-13-5)7-3-2-6(10)4-8(7)11/h2-4H,1H3. The second-order valence-electron chi connectivity index (χ2n) is 2.77. The summed E-state index contributed by atoms with van der Waals surface area (Å²) < 4.78 is 5.93. The number of benzene rings is 1. The SMILES string of the molecule is Cc1noc(-c2ccc(Br)cc2Cl)n1. The van der Waals surface area contributed by atoms with Crippen LogP contribution in [0.4, 0.5) is 0 Å². The lowest BCUT2D eigenvalue weighted by atomic mass is 10.2. The molecule has 0 atom stereocenters. The molecule has 0 aliphatic rings. The Kier molecular flexibility index (Phi) is 2.56. The highest BCUT2D eigenvalue weighted by Crippen LogP contribution is 2.28. The first-order valence-corrected chi connectivity index (χ1v) is 5.09. The van der Waals surface area contributed by atoms with Gasteiger partial charge in [-0.2, -0.15) is 4.98 Å². The lowest BCUT2D eigenvalue weighted by molar-refractivity contribution is 0.425. The molecule has 2 aromatic rings. The highest BCUT2D eigenvalue weighted by molar-refractivity contribution is 9.10. The molecule has 3 nitrogen and oxygen atoms in total. The second kappa shape index (κ2) is 3.71. The van der Waals surface area contributed by atoms with Gasteiger partial charge in [-0.25, -0.2) is 0 Å². The van der Waals surface area contributed by atoms with E-state index in [1.165, 1.54) is 0 Å². The first-order chi connectivity index (χ1) is 6.66. The molecule has 0 aliphatic heterocycles. The van der Waals surface area contributed by atoms with Gasteiger partial charge >= 0.3 is 0 Å². The molecular weight excluding hydrogens is 267 g/mol. The third-order valence-corrected chi connectivity index (χ3v) is 2.50. The number of aromatic nitrogens is 2. The molecule has 1 heterocycles. The molecule has 5 heteroatoms. The average Bonchev–Trinajstić information content (AvgIpc) is 2.51. The van der Waals surface area contributed by atoms with Gasteiger partial charge < -0.3 is 4.52 Å². The van der Waals surface area contributed by atoms with Crippen LogP contribution in [0.3, 0.4) is 0 Å². The van der Waals surface area contributed by atoms with E-state index in [9.17, 15) is 0 Å². The smallest absolute Gasteiger partial charge is 0.259 e. The largest absolute Gasteiger partial charge is 0.334 e. The molecule has 0 amide bonds. The van der Waals surface area contributed by atoms with Crippen molar-refractivity contribution in [2.24, 2.45) is 0 Å². The minimum absolute atomic E-state index is 0.444. The number of aryl methyl sites for hydroxylation is 1. The number of hydrogen-bond acceptors (Lipinski definition) is 3. The zero-order valence-electron chi connectivity index (χ0n) is 7.29. The Bertz CT molecular complexity index is 470. The van der Waals surface area contributed by atoms with Crippen LogP contribution in [0.1, 0.15) is 5.82 Å². The van der Waals surface area contributed by atoms with E-state index in [0.717, 1.165) is 10.0 Å². The molecule has 0 saturated heterocycles. The van der Waals surface area contributed by atoms with Crippen LogP contribution in [0.25, 0.3) is 11.5 Å². The molecule has 14 heavy (non-hydrogen) atoms. The summed E-state index contributed by atoms with van der Waals surface area (Å²) >= 11 is 9.34. The fourth-order valence-electron chi connectivity index (χ4n) is 1.07. The van der Waals surface area contributed by atoms with Crippen LogP contribution in [-0.4, -0.2) is 10.1 Å². The van der Waals surface area contributed by atoms with Crippen LogP contribution >= 0.6 is 27.5 Å². The first-order valence-electron chi connectivity index (χ1n) is 3.92. The van der Waals surface area contributed by atoms with Gasteiger partial charge in [-0.3, -0.25) is 0 Å². The molecule has 0 N–H and O–H groups in total. The molecule has 72 valence electrons. The van der Waals surface area contributed by atoms with E-state index < -0.39 is 0 Å². The topological polar surface area (TPSA) is 38.9 Å². The van der Waals surface area contributed by atoms with Crippen molar-refractivity contribution >= 4 is 27.5 Å². The van der Waals surface area contributed by atoms with Gasteiger partial charge in [-0.15, -0.1) is 0 Å². The van der Waals surface area contributed by atoms with Gasteiger partial charge in [0.05, 0.1) is 10.6 Å². The highest BCUT2D eigenvalue weighted by atomic mass is 79.9. The second-order valence-corrected chi connectivity index (χ2v) is 4.09. The van der Waals surface area contributed by atoms with Crippen LogP contribution in [0.15, 0.2) is 27.2 Å². The van der Waals surface area contributed by atoms with E-state index in [0.29, 0.717) is 16.7 Å². The summed E-state index contributed by atoms with van der Waals surface area (Å²) in [6, 6.07) is 5.50. The van der Waals surface area contributed by atoms with Crippen LogP contribution in [0.2, 0.25) is 5.02 Å². The number of hydrogen-bond donors (Lipinski definition) is 0. The maximum atomic E-state index is 6.02. The summed E-state index contributed by atoms with van der Waals surface area (Å²) in [4.78, 5) is 4.09. The summed E-state index contributed by atoms with van der Waals surface area (Å²) in [6.07, 6.45) is 0. The Morgan fingerprint density at radius 3 is 2.79 bits per heavy atom. The van der Waals surface area contributed by atoms with Crippen molar-refractivity contribution in [1.29, 1.82) is 0 Å². The van der Waals surface area contributed by atoms with Gasteiger partial charge in [0.1, 0.15) is 0 Å². The van der Waals surface area contributed by atoms with Crippen molar-refractivity contribution in [3.63, 3.8) is 0 Å². The molecule has 0 saturated carbocycles. The molecular formula is C9H6BrClN2O. The fraction of sp³-hybridized carbons (Fsp3) is 0.111. The molecule has 0 radical (unpaired) electrons. The van der Waals surface area contributed by atoms with Crippen molar-refractivity contribution in [1.82, 2.24) is 10.1 Å². The van der Waals surface area contributed by atoms with Gasteiger partial charge in [-0.1, -0.05) is 32.7 Å². The lowest BCUT2D eigenvalue weighted by Gasteiger charge is -1.98. The predicted octanol–water partition coefficient (Wildman–Crippen LogP) is 3.46. The zero-order chi connectivity index (χ0) is 10.1. The Balaban J connectivity index is 2.52. The van der Waals surface area contributed by atoms with E-state index >= 15 is 0 Å². The van der Waals surface area contributed by atoms with Crippen molar-refractivity contribution in [2.75, 3.05) is 0 Å². The number of halogens is 2. The normalized spacial score (nSPS) is 10.5. The van der Waals surface area contributed by atoms with E-state index in [1.54, 1.807) is 13.0 Å². The predicted molar refractivity (Wildman–Crippen MR) is 57.2 cm³/mol. The van der Waals surface area contributed by atoms with Gasteiger partial charge in [0.2, 0.25) is 0 Å². The van der Waals surface area contributed by atoms with E-state index in [1.807, 2.05) is 12.1 Å². The molecule has 0 aliphatic carbocycles. The average molecular weight is 274 g/mol. The van der Waals surface area contributed by atoms with Gasteiger partial charge in [-0.05, 0) is 25.1 Å². The van der Waals surface area contributed by atoms with Gasteiger partial charge in [0, 0.05) is 4.47 Å². The quantitative estimate of drug-likeness (QED) is 0.798. The summed E-state index contributed by atoms with van der Waals surface area (Å²) in [5.74, 6) is 1.04. The van der Waals surface area contributed by atoms with Gasteiger partial charge in [0.15, 0.2) is 5.82 Å². The molecule has 0 fully saturated rings. The molecule has 2 rings (SSSR count). The Hall–Kier alpha value is -0.870. The number of nitrogens with zero attached hydrogens (tertiary/aromatic N) is 2. The van der Waals surface area contributed by atoms with Crippen molar-refractivity contribution in [2.45, 2.75) is 6.92 Å². The van der Waals surface area contributed by atoms with Crippen LogP contribution in [-0.2, 0) is 0 Å². The zero-order valence-corrected chi connectivity index (χ0v) is 9.63. The highest BCUT2D eigenvalue weighted by Gasteiger charge is 2.10. The van der Waals surface area contributed by atoms with E-state index in [4.69, 9.17) is 16.1 Å². The minimum Gasteiger partial charge on any atom is -0.334 e. The summed E-state index contributed by atoms with van der Waals surface area (Å²) in [5, 5.41) is 4.29. The number of rotatable bonds is 1. The third-order valence-electron chi connectivity index (χ3n) is 1.69. The maximum absolute atomic E-state index is 6.02. The molecule has 0 spiro atoms. The Labute approximate surface area is 94.2 Å². The molecule has 0 unspecified atom stereocenters. The minimum atomic E-state index is 0.444. The Morgan fingerprint density at radius 2 is 2.21 bits per heavy atom. The fourth-order valence-corrected chi connectivity index (χ4v) is 1.82. The van der Waals surface area contributed by atoms with Crippen molar-refractivity contribution in [3.05, 3.63) is 33.5 Å². The van der Waals surface area contributed by atoms with Crippen molar-refractivity contribution < 1.29 is 4.52 Å². The van der Waals surface area contributed by atoms with Gasteiger partial charge in [0.25, 0.3) is 5.89 Å². The van der Waals surface area contributed by atoms with Crippen LogP contribution < -0.4 is 0 Å². The van der Waals surface area contributed by atoms with E-state index in [2.05, 4.69) is 26.1 Å². The summed E-state index contributed by atoms with van der Waals surface area (Å²) in [6.45, 7) is 1.76. The molecule has 0 bridgehead atoms. The van der Waals surface area contributed by atoms with Crippen molar-refractivity contribution in [3.8, 4) is 11.5 Å².